The lowest BCUT2D eigenvalue weighted by molar-refractivity contribution is 0.0470. The van der Waals surface area contributed by atoms with E-state index in [0.29, 0.717) is 22.8 Å². The molecule has 0 bridgehead atoms. The number of benzene rings is 3. The largest absolute Gasteiger partial charge is 0.493 e. The van der Waals surface area contributed by atoms with E-state index < -0.39 is 5.97 Å². The summed E-state index contributed by atoms with van der Waals surface area (Å²) in [6, 6.07) is 21.8. The van der Waals surface area contributed by atoms with Crippen LogP contribution in [0.5, 0.6) is 23.0 Å². The number of carbonyl (C=O) groups excluding carboxylic acids is 1. The lowest BCUT2D eigenvalue weighted by atomic mass is 10.2. The number of esters is 1. The Morgan fingerprint density at radius 3 is 2.22 bits per heavy atom. The monoisotopic (exact) mass is 364 g/mol. The Bertz CT molecular complexity index is 906. The molecule has 0 aromatic heterocycles. The fourth-order valence-corrected chi connectivity index (χ4v) is 2.53. The van der Waals surface area contributed by atoms with E-state index in [2.05, 4.69) is 0 Å². The van der Waals surface area contributed by atoms with Gasteiger partial charge < -0.3 is 18.9 Å². The number of carbonyl (C=O) groups is 1. The molecule has 0 saturated heterocycles. The molecule has 0 radical (unpaired) electrons. The minimum absolute atomic E-state index is 0.0934. The molecule has 0 spiro atoms. The van der Waals surface area contributed by atoms with Gasteiger partial charge in [-0.3, -0.25) is 0 Å². The Balaban J connectivity index is 1.71. The van der Waals surface area contributed by atoms with Crippen LogP contribution in [0.2, 0.25) is 0 Å². The Labute approximate surface area is 158 Å². The van der Waals surface area contributed by atoms with Crippen molar-refractivity contribution >= 4 is 5.97 Å². The molecule has 0 fully saturated rings. The van der Waals surface area contributed by atoms with Crippen LogP contribution in [0.3, 0.4) is 0 Å². The van der Waals surface area contributed by atoms with Crippen molar-refractivity contribution < 1.29 is 23.7 Å². The molecule has 0 aliphatic carbocycles. The average Bonchev–Trinajstić information content (AvgIpc) is 2.73. The van der Waals surface area contributed by atoms with Crippen LogP contribution in [0.4, 0.5) is 0 Å². The highest BCUT2D eigenvalue weighted by Gasteiger charge is 2.13. The SMILES string of the molecule is COc1ccc(C(=O)OCc2ccccc2Oc2ccccc2)cc1OC. The molecule has 0 unspecified atom stereocenters. The van der Waals surface area contributed by atoms with Gasteiger partial charge in [0.2, 0.25) is 0 Å². The molecule has 5 heteroatoms. The maximum Gasteiger partial charge on any atom is 0.338 e. The van der Waals surface area contributed by atoms with Crippen LogP contribution in [-0.4, -0.2) is 20.2 Å². The summed E-state index contributed by atoms with van der Waals surface area (Å²) in [5.74, 6) is 1.93. The van der Waals surface area contributed by atoms with Crippen molar-refractivity contribution in [2.75, 3.05) is 14.2 Å². The van der Waals surface area contributed by atoms with Crippen molar-refractivity contribution in [2.24, 2.45) is 0 Å². The predicted octanol–water partition coefficient (Wildman–Crippen LogP) is 4.85. The number of rotatable bonds is 7. The van der Waals surface area contributed by atoms with Gasteiger partial charge in [-0.15, -0.1) is 0 Å². The van der Waals surface area contributed by atoms with Crippen LogP contribution in [-0.2, 0) is 11.3 Å². The van der Waals surface area contributed by atoms with Crippen LogP contribution in [0.15, 0.2) is 72.8 Å². The van der Waals surface area contributed by atoms with Gasteiger partial charge in [-0.25, -0.2) is 4.79 Å². The van der Waals surface area contributed by atoms with Crippen molar-refractivity contribution in [1.82, 2.24) is 0 Å². The molecule has 0 aliphatic rings. The third kappa shape index (κ3) is 4.58. The standard InChI is InChI=1S/C22H20O5/c1-24-20-13-12-16(14-21(20)25-2)22(23)26-15-17-8-6-7-11-19(17)27-18-9-4-3-5-10-18/h3-14H,15H2,1-2H3. The Morgan fingerprint density at radius 1 is 0.778 bits per heavy atom. The van der Waals surface area contributed by atoms with E-state index in [1.165, 1.54) is 7.11 Å². The molecular formula is C22H20O5. The highest BCUT2D eigenvalue weighted by molar-refractivity contribution is 5.90. The smallest absolute Gasteiger partial charge is 0.338 e. The van der Waals surface area contributed by atoms with Crippen molar-refractivity contribution in [3.8, 4) is 23.0 Å². The summed E-state index contributed by atoms with van der Waals surface area (Å²) in [6.45, 7) is 0.0934. The van der Waals surface area contributed by atoms with Gasteiger partial charge in [0.05, 0.1) is 19.8 Å². The fraction of sp³-hybridized carbons (Fsp3) is 0.136. The van der Waals surface area contributed by atoms with E-state index in [-0.39, 0.29) is 6.61 Å². The van der Waals surface area contributed by atoms with Crippen LogP contribution in [0.1, 0.15) is 15.9 Å². The summed E-state index contributed by atoms with van der Waals surface area (Å²) in [7, 11) is 3.06. The summed E-state index contributed by atoms with van der Waals surface area (Å²) >= 11 is 0. The Morgan fingerprint density at radius 2 is 1.48 bits per heavy atom. The van der Waals surface area contributed by atoms with Gasteiger partial charge in [0, 0.05) is 5.56 Å². The fourth-order valence-electron chi connectivity index (χ4n) is 2.53. The second-order valence-corrected chi connectivity index (χ2v) is 5.67. The second-order valence-electron chi connectivity index (χ2n) is 5.67. The minimum Gasteiger partial charge on any atom is -0.493 e. The van der Waals surface area contributed by atoms with E-state index in [1.54, 1.807) is 25.3 Å². The van der Waals surface area contributed by atoms with Crippen molar-refractivity contribution in [3.63, 3.8) is 0 Å². The molecule has 138 valence electrons. The first-order valence-electron chi connectivity index (χ1n) is 8.41. The molecule has 0 aliphatic heterocycles. The number of hydrogen-bond donors (Lipinski definition) is 0. The number of para-hydroxylation sites is 2. The Kier molecular flexibility index (Phi) is 5.94. The molecule has 0 atom stereocenters. The third-order valence-corrected chi connectivity index (χ3v) is 3.92. The lowest BCUT2D eigenvalue weighted by Gasteiger charge is -2.12. The van der Waals surface area contributed by atoms with Gasteiger partial charge in [0.1, 0.15) is 18.1 Å². The highest BCUT2D eigenvalue weighted by Crippen LogP contribution is 2.29. The maximum absolute atomic E-state index is 12.4. The first kappa shape index (κ1) is 18.3. The normalized spacial score (nSPS) is 10.1. The van der Waals surface area contributed by atoms with Gasteiger partial charge in [0.15, 0.2) is 11.5 Å². The van der Waals surface area contributed by atoms with Gasteiger partial charge in [-0.1, -0.05) is 36.4 Å². The summed E-state index contributed by atoms with van der Waals surface area (Å²) in [5, 5.41) is 0. The molecule has 3 rings (SSSR count). The molecule has 0 amide bonds. The van der Waals surface area contributed by atoms with Crippen molar-refractivity contribution in [2.45, 2.75) is 6.61 Å². The Hall–Kier alpha value is -3.47. The van der Waals surface area contributed by atoms with Crippen molar-refractivity contribution in [1.29, 1.82) is 0 Å². The molecule has 27 heavy (non-hydrogen) atoms. The second kappa shape index (κ2) is 8.76. The average molecular weight is 364 g/mol. The van der Waals surface area contributed by atoms with Crippen LogP contribution < -0.4 is 14.2 Å². The number of methoxy groups -OCH3 is 2. The zero-order valence-electron chi connectivity index (χ0n) is 15.2. The molecule has 3 aromatic rings. The van der Waals surface area contributed by atoms with Crippen LogP contribution in [0, 0.1) is 0 Å². The predicted molar refractivity (Wildman–Crippen MR) is 102 cm³/mol. The topological polar surface area (TPSA) is 54.0 Å². The molecule has 0 saturated carbocycles. The maximum atomic E-state index is 12.4. The lowest BCUT2D eigenvalue weighted by Crippen LogP contribution is -2.06. The number of ether oxygens (including phenoxy) is 4. The zero-order valence-corrected chi connectivity index (χ0v) is 15.2. The zero-order chi connectivity index (χ0) is 19.1. The molecule has 0 N–H and O–H groups in total. The first-order chi connectivity index (χ1) is 13.2. The molecular weight excluding hydrogens is 344 g/mol. The van der Waals surface area contributed by atoms with Gasteiger partial charge in [0.25, 0.3) is 0 Å². The summed E-state index contributed by atoms with van der Waals surface area (Å²) < 4.78 is 21.7. The number of hydrogen-bond acceptors (Lipinski definition) is 5. The van der Waals surface area contributed by atoms with Crippen LogP contribution >= 0.6 is 0 Å². The summed E-state index contributed by atoms with van der Waals surface area (Å²) in [4.78, 5) is 12.4. The third-order valence-electron chi connectivity index (χ3n) is 3.92. The van der Waals surface area contributed by atoms with Gasteiger partial charge in [-0.05, 0) is 36.4 Å². The van der Waals surface area contributed by atoms with Crippen molar-refractivity contribution in [3.05, 3.63) is 83.9 Å². The van der Waals surface area contributed by atoms with Crippen LogP contribution in [0.25, 0.3) is 0 Å². The van der Waals surface area contributed by atoms with E-state index in [0.717, 1.165) is 11.3 Å². The van der Waals surface area contributed by atoms with Gasteiger partial charge >= 0.3 is 5.97 Å². The highest BCUT2D eigenvalue weighted by atomic mass is 16.5. The summed E-state index contributed by atoms with van der Waals surface area (Å²) in [6.07, 6.45) is 0. The first-order valence-corrected chi connectivity index (χ1v) is 8.41. The van der Waals surface area contributed by atoms with E-state index in [4.69, 9.17) is 18.9 Å². The molecule has 5 nitrogen and oxygen atoms in total. The quantitative estimate of drug-likeness (QED) is 0.561. The van der Waals surface area contributed by atoms with E-state index in [1.807, 2.05) is 54.6 Å². The van der Waals surface area contributed by atoms with Gasteiger partial charge in [-0.2, -0.15) is 0 Å². The summed E-state index contributed by atoms with van der Waals surface area (Å²) in [5.41, 5.74) is 1.16. The molecule has 0 heterocycles. The minimum atomic E-state index is -0.453. The van der Waals surface area contributed by atoms with E-state index in [9.17, 15) is 4.79 Å². The molecule has 3 aromatic carbocycles. The van der Waals surface area contributed by atoms with E-state index >= 15 is 0 Å².